The van der Waals surface area contributed by atoms with Crippen LogP contribution in [0, 0.1) is 0 Å². The summed E-state index contributed by atoms with van der Waals surface area (Å²) in [7, 11) is 0. The second-order valence-corrected chi connectivity index (χ2v) is 2.96. The van der Waals surface area contributed by atoms with Gasteiger partial charge in [0.1, 0.15) is 0 Å². The van der Waals surface area contributed by atoms with E-state index in [2.05, 4.69) is 4.98 Å². The molecule has 4 heteroatoms. The van der Waals surface area contributed by atoms with E-state index in [1.54, 1.807) is 18.3 Å². The molecule has 0 saturated carbocycles. The van der Waals surface area contributed by atoms with Crippen LogP contribution in [0.2, 0.25) is 0 Å². The maximum atomic E-state index is 10.9. The van der Waals surface area contributed by atoms with Crippen molar-refractivity contribution >= 4 is 18.3 Å². The molecule has 0 aliphatic carbocycles. The Morgan fingerprint density at radius 3 is 2.54 bits per heavy atom. The molecule has 1 aromatic rings. The van der Waals surface area contributed by atoms with Gasteiger partial charge >= 0.3 is 0 Å². The van der Waals surface area contributed by atoms with Gasteiger partial charge in [-0.1, -0.05) is 13.8 Å². The number of hydrogen-bond acceptors (Lipinski definition) is 2. The van der Waals surface area contributed by atoms with Gasteiger partial charge in [0.2, 0.25) is 0 Å². The van der Waals surface area contributed by atoms with Crippen LogP contribution in [0.4, 0.5) is 0 Å². The van der Waals surface area contributed by atoms with Crippen molar-refractivity contribution in [2.24, 2.45) is 5.73 Å². The molecule has 0 bridgehead atoms. The van der Waals surface area contributed by atoms with Gasteiger partial charge in [0, 0.05) is 6.20 Å². The zero-order valence-corrected chi connectivity index (χ0v) is 8.47. The molecule has 0 fully saturated rings. The summed E-state index contributed by atoms with van der Waals surface area (Å²) in [6, 6.07) is 3.41. The molecule has 0 atom stereocenters. The fourth-order valence-corrected chi connectivity index (χ4v) is 1.09. The topological polar surface area (TPSA) is 56.0 Å². The maximum absolute atomic E-state index is 10.9. The molecule has 3 nitrogen and oxygen atoms in total. The summed E-state index contributed by atoms with van der Waals surface area (Å²) in [5, 5.41) is 0. The molecular weight excluding hydrogens is 188 g/mol. The third-order valence-corrected chi connectivity index (χ3v) is 1.65. The molecule has 0 aliphatic heterocycles. The van der Waals surface area contributed by atoms with Gasteiger partial charge in [-0.2, -0.15) is 0 Å². The summed E-state index contributed by atoms with van der Waals surface area (Å²) < 4.78 is 0. The van der Waals surface area contributed by atoms with E-state index >= 15 is 0 Å². The fourth-order valence-electron chi connectivity index (χ4n) is 1.09. The van der Waals surface area contributed by atoms with Crippen LogP contribution in [0.3, 0.4) is 0 Å². The first kappa shape index (κ1) is 11.9. The largest absolute Gasteiger partial charge is 0.366 e. The average molecular weight is 201 g/mol. The highest BCUT2D eigenvalue weighted by Crippen LogP contribution is 2.15. The van der Waals surface area contributed by atoms with Crippen molar-refractivity contribution in [1.29, 1.82) is 0 Å². The quantitative estimate of drug-likeness (QED) is 0.791. The molecular formula is C9H13ClN2O. The van der Waals surface area contributed by atoms with Gasteiger partial charge in [-0.25, -0.2) is 0 Å². The third kappa shape index (κ3) is 2.70. The lowest BCUT2D eigenvalue weighted by molar-refractivity contribution is 0.0998. The monoisotopic (exact) mass is 200 g/mol. The van der Waals surface area contributed by atoms with E-state index in [1.165, 1.54) is 0 Å². The molecule has 0 aliphatic rings. The molecule has 1 heterocycles. The van der Waals surface area contributed by atoms with Gasteiger partial charge in [0.25, 0.3) is 5.91 Å². The number of hydrogen-bond donors (Lipinski definition) is 1. The van der Waals surface area contributed by atoms with Gasteiger partial charge in [0.05, 0.1) is 11.3 Å². The summed E-state index contributed by atoms with van der Waals surface area (Å²) in [5.74, 6) is -0.180. The van der Waals surface area contributed by atoms with E-state index in [4.69, 9.17) is 5.73 Å². The summed E-state index contributed by atoms with van der Waals surface area (Å²) in [5.41, 5.74) is 6.46. The number of nitrogens with two attached hydrogens (primary N) is 1. The zero-order valence-electron chi connectivity index (χ0n) is 7.65. The van der Waals surface area contributed by atoms with Crippen molar-refractivity contribution in [1.82, 2.24) is 4.98 Å². The Balaban J connectivity index is 0.00000144. The minimum absolute atomic E-state index is 0. The number of amides is 1. The molecule has 0 radical (unpaired) electrons. The van der Waals surface area contributed by atoms with E-state index in [0.29, 0.717) is 5.56 Å². The standard InChI is InChI=1S/C9H12N2O.ClH/c1-6(2)8-7(9(10)12)4-3-5-11-8;/h3-6H,1-2H3,(H2,10,12);1H. The minimum Gasteiger partial charge on any atom is -0.366 e. The lowest BCUT2D eigenvalue weighted by Crippen LogP contribution is -2.15. The lowest BCUT2D eigenvalue weighted by atomic mass is 10.0. The van der Waals surface area contributed by atoms with E-state index in [1.807, 2.05) is 13.8 Å². The van der Waals surface area contributed by atoms with Crippen molar-refractivity contribution in [2.45, 2.75) is 19.8 Å². The average Bonchev–Trinajstić information content (AvgIpc) is 2.04. The van der Waals surface area contributed by atoms with Gasteiger partial charge in [-0.15, -0.1) is 12.4 Å². The molecule has 72 valence electrons. The molecule has 13 heavy (non-hydrogen) atoms. The normalized spacial score (nSPS) is 9.46. The van der Waals surface area contributed by atoms with Crippen LogP contribution >= 0.6 is 12.4 Å². The summed E-state index contributed by atoms with van der Waals surface area (Å²) >= 11 is 0. The van der Waals surface area contributed by atoms with E-state index in [0.717, 1.165) is 5.69 Å². The van der Waals surface area contributed by atoms with Crippen molar-refractivity contribution < 1.29 is 4.79 Å². The second kappa shape index (κ2) is 4.82. The van der Waals surface area contributed by atoms with Gasteiger partial charge in [-0.3, -0.25) is 9.78 Å². The first-order valence-corrected chi connectivity index (χ1v) is 3.87. The number of carbonyl (C=O) groups is 1. The predicted octanol–water partition coefficient (Wildman–Crippen LogP) is 1.73. The summed E-state index contributed by atoms with van der Waals surface area (Å²) in [6.07, 6.45) is 1.67. The number of pyridine rings is 1. The van der Waals surface area contributed by atoms with Crippen molar-refractivity contribution in [3.63, 3.8) is 0 Å². The van der Waals surface area contributed by atoms with Gasteiger partial charge in [-0.05, 0) is 18.1 Å². The smallest absolute Gasteiger partial charge is 0.250 e. The van der Waals surface area contributed by atoms with E-state index < -0.39 is 5.91 Å². The SMILES string of the molecule is CC(C)c1ncccc1C(N)=O.Cl. The highest BCUT2D eigenvalue weighted by molar-refractivity contribution is 5.93. The molecule has 1 aromatic heterocycles. The molecule has 2 N–H and O–H groups in total. The Morgan fingerprint density at radius 2 is 2.15 bits per heavy atom. The first-order valence-electron chi connectivity index (χ1n) is 3.87. The first-order chi connectivity index (χ1) is 5.63. The highest BCUT2D eigenvalue weighted by atomic mass is 35.5. The van der Waals surface area contributed by atoms with Gasteiger partial charge < -0.3 is 5.73 Å². The van der Waals surface area contributed by atoms with Crippen molar-refractivity contribution in [3.8, 4) is 0 Å². The van der Waals surface area contributed by atoms with Crippen molar-refractivity contribution in [3.05, 3.63) is 29.6 Å². The van der Waals surface area contributed by atoms with Crippen LogP contribution in [0.5, 0.6) is 0 Å². The molecule has 1 rings (SSSR count). The van der Waals surface area contributed by atoms with Crippen LogP contribution in [0.25, 0.3) is 0 Å². The van der Waals surface area contributed by atoms with E-state index in [-0.39, 0.29) is 18.3 Å². The number of carbonyl (C=O) groups excluding carboxylic acids is 1. The number of primary amides is 1. The Labute approximate surface area is 83.8 Å². The molecule has 0 spiro atoms. The number of aromatic nitrogens is 1. The number of rotatable bonds is 2. The fraction of sp³-hybridized carbons (Fsp3) is 0.333. The molecule has 0 unspecified atom stereocenters. The van der Waals surface area contributed by atoms with Crippen LogP contribution < -0.4 is 5.73 Å². The maximum Gasteiger partial charge on any atom is 0.250 e. The Bertz CT molecular complexity index is 299. The number of halogens is 1. The summed E-state index contributed by atoms with van der Waals surface area (Å²) in [4.78, 5) is 15.0. The summed E-state index contributed by atoms with van der Waals surface area (Å²) in [6.45, 7) is 3.96. The molecule has 0 saturated heterocycles. The third-order valence-electron chi connectivity index (χ3n) is 1.65. The van der Waals surface area contributed by atoms with Gasteiger partial charge in [0.15, 0.2) is 0 Å². The second-order valence-electron chi connectivity index (χ2n) is 2.96. The Kier molecular flexibility index (Phi) is 4.42. The van der Waals surface area contributed by atoms with Crippen LogP contribution in [0.15, 0.2) is 18.3 Å². The zero-order chi connectivity index (χ0) is 9.14. The Morgan fingerprint density at radius 1 is 1.54 bits per heavy atom. The predicted molar refractivity (Wildman–Crippen MR) is 54.1 cm³/mol. The van der Waals surface area contributed by atoms with Crippen LogP contribution in [0.1, 0.15) is 35.8 Å². The lowest BCUT2D eigenvalue weighted by Gasteiger charge is -2.07. The van der Waals surface area contributed by atoms with Crippen LogP contribution in [-0.4, -0.2) is 10.9 Å². The van der Waals surface area contributed by atoms with Crippen LogP contribution in [-0.2, 0) is 0 Å². The molecule has 1 amide bonds. The molecule has 0 aromatic carbocycles. The van der Waals surface area contributed by atoms with E-state index in [9.17, 15) is 4.79 Å². The van der Waals surface area contributed by atoms with Crippen molar-refractivity contribution in [2.75, 3.05) is 0 Å². The minimum atomic E-state index is -0.410. The highest BCUT2D eigenvalue weighted by Gasteiger charge is 2.10. The Hall–Kier alpha value is -1.09. The number of nitrogens with zero attached hydrogens (tertiary/aromatic N) is 1.